The lowest BCUT2D eigenvalue weighted by Crippen LogP contribution is -2.29. The van der Waals surface area contributed by atoms with Crippen molar-refractivity contribution in [1.82, 2.24) is 4.90 Å². The Hall–Kier alpha value is -1.74. The number of phenols is 2. The minimum absolute atomic E-state index is 0.143. The average Bonchev–Trinajstić information content (AvgIpc) is 2.60. The molecule has 0 amide bonds. The van der Waals surface area contributed by atoms with Gasteiger partial charge in [-0.2, -0.15) is 0 Å². The molecular weight excluding hydrogens is 322 g/mol. The van der Waals surface area contributed by atoms with Gasteiger partial charge in [0.1, 0.15) is 11.5 Å². The van der Waals surface area contributed by atoms with Gasteiger partial charge in [-0.15, -0.1) is 6.58 Å². The van der Waals surface area contributed by atoms with E-state index in [1.165, 1.54) is 24.8 Å². The Labute approximate surface area is 159 Å². The largest absolute Gasteiger partial charge is 0.507 e. The highest BCUT2D eigenvalue weighted by atomic mass is 16.3. The highest BCUT2D eigenvalue weighted by Crippen LogP contribution is 2.43. The molecule has 3 heteroatoms. The highest BCUT2D eigenvalue weighted by Gasteiger charge is 2.25. The zero-order valence-electron chi connectivity index (χ0n) is 16.7. The maximum atomic E-state index is 10.9. The number of nitrogens with zero attached hydrogens (tertiary/aromatic N) is 1. The van der Waals surface area contributed by atoms with Crippen LogP contribution in [-0.4, -0.2) is 28.2 Å². The number of likely N-dealkylation sites (tertiary alicyclic amines) is 1. The molecule has 0 unspecified atom stereocenters. The van der Waals surface area contributed by atoms with Crippen LogP contribution in [-0.2, 0) is 6.54 Å². The number of allylic oxidation sites excluding steroid dienone is 3. The van der Waals surface area contributed by atoms with E-state index in [1.54, 1.807) is 6.08 Å². The van der Waals surface area contributed by atoms with Crippen LogP contribution in [0.2, 0.25) is 0 Å². The number of piperidine rings is 1. The second-order valence-electron chi connectivity index (χ2n) is 7.71. The monoisotopic (exact) mass is 357 g/mol. The smallest absolute Gasteiger partial charge is 0.127 e. The van der Waals surface area contributed by atoms with Gasteiger partial charge in [0, 0.05) is 23.6 Å². The summed E-state index contributed by atoms with van der Waals surface area (Å²) in [5.41, 5.74) is 4.09. The van der Waals surface area contributed by atoms with Crippen molar-refractivity contribution >= 4 is 0 Å². The number of hydrogen-bond acceptors (Lipinski definition) is 3. The van der Waals surface area contributed by atoms with Crippen LogP contribution >= 0.6 is 0 Å². The number of rotatable bonds is 3. The normalized spacial score (nSPS) is 20.7. The molecule has 2 aliphatic rings. The molecule has 26 heavy (non-hydrogen) atoms. The van der Waals surface area contributed by atoms with E-state index in [1.807, 2.05) is 19.9 Å². The minimum Gasteiger partial charge on any atom is -0.507 e. The fourth-order valence-corrected chi connectivity index (χ4v) is 4.09. The molecule has 1 heterocycles. The van der Waals surface area contributed by atoms with Gasteiger partial charge in [-0.3, -0.25) is 4.90 Å². The van der Waals surface area contributed by atoms with Crippen LogP contribution in [0.3, 0.4) is 0 Å². The first-order valence-corrected chi connectivity index (χ1v) is 9.98. The Morgan fingerprint density at radius 1 is 1.15 bits per heavy atom. The van der Waals surface area contributed by atoms with Crippen molar-refractivity contribution in [3.63, 3.8) is 0 Å². The van der Waals surface area contributed by atoms with E-state index >= 15 is 0 Å². The second kappa shape index (κ2) is 9.82. The molecule has 1 fully saturated rings. The van der Waals surface area contributed by atoms with Gasteiger partial charge in [-0.1, -0.05) is 24.1 Å². The summed E-state index contributed by atoms with van der Waals surface area (Å²) < 4.78 is 0. The van der Waals surface area contributed by atoms with Crippen LogP contribution < -0.4 is 0 Å². The zero-order chi connectivity index (χ0) is 19.1. The van der Waals surface area contributed by atoms with Crippen molar-refractivity contribution in [3.05, 3.63) is 47.1 Å². The SMILES string of the molecule is C=CC.CC1=C[C@@H](c2c(O)cc(C)c(CN3CCCCC3)c2O)CCC1. The van der Waals surface area contributed by atoms with E-state index in [0.29, 0.717) is 5.75 Å². The summed E-state index contributed by atoms with van der Waals surface area (Å²) in [5.74, 6) is 0.715. The molecular formula is C23H35NO2. The molecule has 1 aromatic carbocycles. The molecule has 0 radical (unpaired) electrons. The summed E-state index contributed by atoms with van der Waals surface area (Å²) >= 11 is 0. The average molecular weight is 358 g/mol. The van der Waals surface area contributed by atoms with Crippen molar-refractivity contribution < 1.29 is 10.2 Å². The number of phenolic OH excluding ortho intramolecular Hbond substituents is 2. The Morgan fingerprint density at radius 3 is 2.42 bits per heavy atom. The Morgan fingerprint density at radius 2 is 1.81 bits per heavy atom. The molecule has 1 atom stereocenters. The first-order valence-electron chi connectivity index (χ1n) is 9.98. The number of aromatic hydroxyl groups is 2. The molecule has 0 bridgehead atoms. The summed E-state index contributed by atoms with van der Waals surface area (Å²) in [5, 5.41) is 21.3. The predicted octanol–water partition coefficient (Wildman–Crippen LogP) is 5.80. The molecule has 1 aliphatic heterocycles. The topological polar surface area (TPSA) is 43.7 Å². The summed E-state index contributed by atoms with van der Waals surface area (Å²) in [7, 11) is 0. The lowest BCUT2D eigenvalue weighted by Gasteiger charge is -2.29. The fraction of sp³-hybridized carbons (Fsp3) is 0.565. The summed E-state index contributed by atoms with van der Waals surface area (Å²) in [6.45, 7) is 12.4. The molecule has 3 nitrogen and oxygen atoms in total. The van der Waals surface area contributed by atoms with Crippen molar-refractivity contribution in [2.75, 3.05) is 13.1 Å². The van der Waals surface area contributed by atoms with Gasteiger partial charge in [0.15, 0.2) is 0 Å². The highest BCUT2D eigenvalue weighted by molar-refractivity contribution is 5.55. The van der Waals surface area contributed by atoms with E-state index < -0.39 is 0 Å². The molecule has 2 N–H and O–H groups in total. The lowest BCUT2D eigenvalue weighted by molar-refractivity contribution is 0.218. The van der Waals surface area contributed by atoms with Gasteiger partial charge in [0.2, 0.25) is 0 Å². The van der Waals surface area contributed by atoms with E-state index in [9.17, 15) is 10.2 Å². The van der Waals surface area contributed by atoms with Crippen molar-refractivity contribution in [2.24, 2.45) is 0 Å². The molecule has 1 saturated heterocycles. The first-order chi connectivity index (χ1) is 12.5. The van der Waals surface area contributed by atoms with Crippen molar-refractivity contribution in [1.29, 1.82) is 0 Å². The van der Waals surface area contributed by atoms with Gasteiger partial charge >= 0.3 is 0 Å². The van der Waals surface area contributed by atoms with Crippen LogP contribution in [0.4, 0.5) is 0 Å². The molecule has 1 aromatic rings. The van der Waals surface area contributed by atoms with Gasteiger partial charge in [-0.25, -0.2) is 0 Å². The maximum Gasteiger partial charge on any atom is 0.127 e. The standard InChI is InChI=1S/C20H29NO2.C3H6/c1-14-7-6-8-16(11-14)19-18(22)12-15(2)17(20(19)23)13-21-9-4-3-5-10-21;1-3-2/h11-12,16,22-23H,3-10,13H2,1-2H3;3H,1H2,2H3/t16-;/m0./s1. The molecule has 0 aromatic heterocycles. The van der Waals surface area contributed by atoms with E-state index in [0.717, 1.165) is 55.6 Å². The fourth-order valence-electron chi connectivity index (χ4n) is 4.09. The van der Waals surface area contributed by atoms with Crippen molar-refractivity contribution in [3.8, 4) is 11.5 Å². The van der Waals surface area contributed by atoms with Crippen LogP contribution in [0.15, 0.2) is 30.4 Å². The van der Waals surface area contributed by atoms with E-state index in [-0.39, 0.29) is 11.7 Å². The van der Waals surface area contributed by atoms with Gasteiger partial charge < -0.3 is 10.2 Å². The van der Waals surface area contributed by atoms with Crippen LogP contribution in [0.1, 0.15) is 75.0 Å². The Kier molecular flexibility index (Phi) is 7.77. The van der Waals surface area contributed by atoms with Crippen LogP contribution in [0.5, 0.6) is 11.5 Å². The maximum absolute atomic E-state index is 10.9. The minimum atomic E-state index is 0.143. The molecule has 0 saturated carbocycles. The second-order valence-corrected chi connectivity index (χ2v) is 7.71. The Balaban J connectivity index is 0.000000758. The molecule has 3 rings (SSSR count). The van der Waals surface area contributed by atoms with E-state index in [4.69, 9.17) is 0 Å². The third-order valence-corrected chi connectivity index (χ3v) is 5.42. The first kappa shape index (κ1) is 20.6. The quantitative estimate of drug-likeness (QED) is 0.672. The predicted molar refractivity (Wildman–Crippen MR) is 110 cm³/mol. The van der Waals surface area contributed by atoms with Crippen LogP contribution in [0, 0.1) is 6.92 Å². The third kappa shape index (κ3) is 5.14. The third-order valence-electron chi connectivity index (χ3n) is 5.42. The molecule has 1 aliphatic carbocycles. The molecule has 144 valence electrons. The van der Waals surface area contributed by atoms with Crippen LogP contribution in [0.25, 0.3) is 0 Å². The summed E-state index contributed by atoms with van der Waals surface area (Å²) in [6.07, 6.45) is 11.0. The van der Waals surface area contributed by atoms with E-state index in [2.05, 4.69) is 24.5 Å². The van der Waals surface area contributed by atoms with Gasteiger partial charge in [0.05, 0.1) is 0 Å². The van der Waals surface area contributed by atoms with Gasteiger partial charge in [-0.05, 0) is 77.6 Å². The van der Waals surface area contributed by atoms with Gasteiger partial charge in [0.25, 0.3) is 0 Å². The summed E-state index contributed by atoms with van der Waals surface area (Å²) in [4.78, 5) is 2.42. The molecule has 0 spiro atoms. The summed E-state index contributed by atoms with van der Waals surface area (Å²) in [6, 6.07) is 1.84. The Bertz CT molecular complexity index is 642. The number of hydrogen-bond donors (Lipinski definition) is 2. The zero-order valence-corrected chi connectivity index (χ0v) is 16.7. The van der Waals surface area contributed by atoms with Crippen molar-refractivity contribution in [2.45, 2.75) is 71.8 Å². The number of aryl methyl sites for hydroxylation is 1. The lowest BCUT2D eigenvalue weighted by atomic mass is 9.83. The number of benzene rings is 1.